The first-order valence-corrected chi connectivity index (χ1v) is 6.93. The van der Waals surface area contributed by atoms with Crippen LogP contribution in [0.25, 0.3) is 0 Å². The molecule has 1 rings (SSSR count). The maximum Gasteiger partial charge on any atom is 0.0682 e. The summed E-state index contributed by atoms with van der Waals surface area (Å²) in [5, 5.41) is 8.97. The second kappa shape index (κ2) is 6.56. The second-order valence-corrected chi connectivity index (χ2v) is 5.94. The molecular formula is C12H17BrOS. The lowest BCUT2D eigenvalue weighted by Gasteiger charge is -2.07. The molecule has 0 atom stereocenters. The molecule has 0 saturated heterocycles. The van der Waals surface area contributed by atoms with Gasteiger partial charge in [-0.2, -0.15) is 0 Å². The Morgan fingerprint density at radius 3 is 2.67 bits per heavy atom. The fourth-order valence-electron chi connectivity index (χ4n) is 1.16. The van der Waals surface area contributed by atoms with Gasteiger partial charge >= 0.3 is 0 Å². The molecule has 0 amide bonds. The average Bonchev–Trinajstić information content (AvgIpc) is 2.20. The standard InChI is InChI=1S/C12H17BrOS/c1-9(2)5-6-15-12-4-3-10(8-14)7-11(12)13/h3-4,7,9,14H,5-6,8H2,1-2H3. The summed E-state index contributed by atoms with van der Waals surface area (Å²) in [6, 6.07) is 6.03. The van der Waals surface area contributed by atoms with Crippen molar-refractivity contribution in [2.75, 3.05) is 5.75 Å². The third-order valence-corrected chi connectivity index (χ3v) is 4.16. The van der Waals surface area contributed by atoms with Crippen LogP contribution in [0.3, 0.4) is 0 Å². The normalized spacial score (nSPS) is 11.0. The van der Waals surface area contributed by atoms with E-state index >= 15 is 0 Å². The van der Waals surface area contributed by atoms with Gasteiger partial charge in [0.05, 0.1) is 6.61 Å². The Morgan fingerprint density at radius 2 is 2.13 bits per heavy atom. The van der Waals surface area contributed by atoms with Gasteiger partial charge in [-0.25, -0.2) is 0 Å². The van der Waals surface area contributed by atoms with Crippen molar-refractivity contribution < 1.29 is 5.11 Å². The monoisotopic (exact) mass is 288 g/mol. The van der Waals surface area contributed by atoms with Crippen LogP contribution in [0.1, 0.15) is 25.8 Å². The van der Waals surface area contributed by atoms with Crippen LogP contribution >= 0.6 is 27.7 Å². The van der Waals surface area contributed by atoms with Crippen LogP contribution in [0.5, 0.6) is 0 Å². The quantitative estimate of drug-likeness (QED) is 0.824. The largest absolute Gasteiger partial charge is 0.392 e. The number of aliphatic hydroxyl groups excluding tert-OH is 1. The summed E-state index contributed by atoms with van der Waals surface area (Å²) in [7, 11) is 0. The van der Waals surface area contributed by atoms with E-state index in [0.29, 0.717) is 0 Å². The Bertz CT molecular complexity index is 312. The van der Waals surface area contributed by atoms with Gasteiger partial charge in [0.15, 0.2) is 0 Å². The minimum Gasteiger partial charge on any atom is -0.392 e. The molecule has 0 bridgehead atoms. The van der Waals surface area contributed by atoms with Crippen molar-refractivity contribution in [3.05, 3.63) is 28.2 Å². The molecule has 0 aliphatic heterocycles. The van der Waals surface area contributed by atoms with Crippen LogP contribution in [-0.4, -0.2) is 10.9 Å². The molecule has 1 aromatic carbocycles. The minimum atomic E-state index is 0.107. The van der Waals surface area contributed by atoms with E-state index in [9.17, 15) is 0 Å². The molecule has 0 spiro atoms. The first-order valence-electron chi connectivity index (χ1n) is 5.15. The molecule has 1 N–H and O–H groups in total. The SMILES string of the molecule is CC(C)CCSc1ccc(CO)cc1Br. The molecule has 84 valence electrons. The lowest BCUT2D eigenvalue weighted by molar-refractivity contribution is 0.281. The first kappa shape index (κ1) is 13.1. The van der Waals surface area contributed by atoms with Crippen molar-refractivity contribution in [2.45, 2.75) is 31.8 Å². The zero-order chi connectivity index (χ0) is 11.3. The zero-order valence-electron chi connectivity index (χ0n) is 9.16. The van der Waals surface area contributed by atoms with Gasteiger partial charge in [0.1, 0.15) is 0 Å². The predicted octanol–water partition coefficient (Wildman–Crippen LogP) is 4.08. The average molecular weight is 289 g/mol. The Labute approximate surface area is 104 Å². The molecule has 0 fully saturated rings. The van der Waals surface area contributed by atoms with Crippen molar-refractivity contribution in [3.8, 4) is 0 Å². The Kier molecular flexibility index (Phi) is 5.72. The molecule has 0 saturated carbocycles. The summed E-state index contributed by atoms with van der Waals surface area (Å²) in [6.45, 7) is 4.59. The molecule has 15 heavy (non-hydrogen) atoms. The minimum absolute atomic E-state index is 0.107. The van der Waals surface area contributed by atoms with Crippen molar-refractivity contribution in [1.29, 1.82) is 0 Å². The molecule has 0 radical (unpaired) electrons. The Hall–Kier alpha value is 0.01000. The van der Waals surface area contributed by atoms with Gasteiger partial charge in [0.2, 0.25) is 0 Å². The molecule has 1 nitrogen and oxygen atoms in total. The van der Waals surface area contributed by atoms with E-state index in [1.807, 2.05) is 23.9 Å². The molecule has 0 aliphatic rings. The van der Waals surface area contributed by atoms with Crippen molar-refractivity contribution in [2.24, 2.45) is 5.92 Å². The number of thioether (sulfide) groups is 1. The van der Waals surface area contributed by atoms with Crippen LogP contribution in [0.2, 0.25) is 0 Å². The molecule has 3 heteroatoms. The Balaban J connectivity index is 2.54. The van der Waals surface area contributed by atoms with Gasteiger partial charge in [-0.05, 0) is 51.7 Å². The van der Waals surface area contributed by atoms with Crippen LogP contribution in [0.15, 0.2) is 27.6 Å². The summed E-state index contributed by atoms with van der Waals surface area (Å²) >= 11 is 5.39. The number of benzene rings is 1. The van der Waals surface area contributed by atoms with E-state index in [1.54, 1.807) is 0 Å². The van der Waals surface area contributed by atoms with Gasteiger partial charge in [-0.1, -0.05) is 19.9 Å². The second-order valence-electron chi connectivity index (χ2n) is 3.95. The van der Waals surface area contributed by atoms with E-state index in [2.05, 4.69) is 35.8 Å². The molecule has 0 aliphatic carbocycles. The van der Waals surface area contributed by atoms with Crippen LogP contribution < -0.4 is 0 Å². The zero-order valence-corrected chi connectivity index (χ0v) is 11.6. The number of hydrogen-bond acceptors (Lipinski definition) is 2. The third-order valence-electron chi connectivity index (χ3n) is 2.13. The summed E-state index contributed by atoms with van der Waals surface area (Å²) in [6.07, 6.45) is 1.23. The van der Waals surface area contributed by atoms with E-state index in [4.69, 9.17) is 5.11 Å². The molecule has 1 aromatic rings. The van der Waals surface area contributed by atoms with Gasteiger partial charge in [0.25, 0.3) is 0 Å². The van der Waals surface area contributed by atoms with E-state index in [-0.39, 0.29) is 6.61 Å². The number of rotatable bonds is 5. The van der Waals surface area contributed by atoms with E-state index < -0.39 is 0 Å². The first-order chi connectivity index (χ1) is 7.13. The fourth-order valence-corrected chi connectivity index (χ4v) is 3.10. The topological polar surface area (TPSA) is 20.2 Å². The highest BCUT2D eigenvalue weighted by molar-refractivity contribution is 9.10. The molecular weight excluding hydrogens is 272 g/mol. The summed E-state index contributed by atoms with van der Waals surface area (Å²) in [4.78, 5) is 1.26. The maximum absolute atomic E-state index is 8.97. The van der Waals surface area contributed by atoms with Gasteiger partial charge in [0, 0.05) is 9.37 Å². The Morgan fingerprint density at radius 1 is 1.40 bits per heavy atom. The highest BCUT2D eigenvalue weighted by Gasteiger charge is 2.02. The predicted molar refractivity (Wildman–Crippen MR) is 70.2 cm³/mol. The summed E-state index contributed by atoms with van der Waals surface area (Å²) < 4.78 is 1.09. The smallest absolute Gasteiger partial charge is 0.0682 e. The van der Waals surface area contributed by atoms with Gasteiger partial charge < -0.3 is 5.11 Å². The highest BCUT2D eigenvalue weighted by Crippen LogP contribution is 2.29. The fraction of sp³-hybridized carbons (Fsp3) is 0.500. The number of halogens is 1. The van der Waals surface area contributed by atoms with Crippen LogP contribution in [0.4, 0.5) is 0 Å². The van der Waals surface area contributed by atoms with E-state index in [1.165, 1.54) is 11.3 Å². The van der Waals surface area contributed by atoms with Gasteiger partial charge in [-0.15, -0.1) is 11.8 Å². The van der Waals surface area contributed by atoms with Crippen molar-refractivity contribution in [1.82, 2.24) is 0 Å². The summed E-state index contributed by atoms with van der Waals surface area (Å²) in [5.74, 6) is 1.90. The maximum atomic E-state index is 8.97. The van der Waals surface area contributed by atoms with E-state index in [0.717, 1.165) is 21.7 Å². The van der Waals surface area contributed by atoms with Crippen LogP contribution in [0, 0.1) is 5.92 Å². The van der Waals surface area contributed by atoms with Crippen LogP contribution in [-0.2, 0) is 6.61 Å². The molecule has 0 aromatic heterocycles. The number of hydrogen-bond donors (Lipinski definition) is 1. The van der Waals surface area contributed by atoms with Gasteiger partial charge in [-0.3, -0.25) is 0 Å². The molecule has 0 unspecified atom stereocenters. The summed E-state index contributed by atoms with van der Waals surface area (Å²) in [5.41, 5.74) is 0.954. The lowest BCUT2D eigenvalue weighted by atomic mass is 10.2. The lowest BCUT2D eigenvalue weighted by Crippen LogP contribution is -1.90. The van der Waals surface area contributed by atoms with Crippen molar-refractivity contribution in [3.63, 3.8) is 0 Å². The van der Waals surface area contributed by atoms with Crippen molar-refractivity contribution >= 4 is 27.7 Å². The third kappa shape index (κ3) is 4.58. The number of aliphatic hydroxyl groups is 1. The highest BCUT2D eigenvalue weighted by atomic mass is 79.9. The molecule has 0 heterocycles.